The fourth-order valence-corrected chi connectivity index (χ4v) is 3.43. The summed E-state index contributed by atoms with van der Waals surface area (Å²) in [7, 11) is 3.68. The second kappa shape index (κ2) is 7.82. The average molecular weight is 367 g/mol. The normalized spacial score (nSPS) is 12.2. The molecule has 0 radical (unpaired) electrons. The molecule has 1 N–H and O–H groups in total. The first-order chi connectivity index (χ1) is 10.2. The molecular weight excluding hydrogens is 348 g/mol. The zero-order valence-corrected chi connectivity index (χ0v) is 14.8. The molecule has 1 aromatic carbocycles. The molecule has 2 rings (SSSR count). The molecule has 0 aliphatic rings. The Balaban J connectivity index is 2.19. The van der Waals surface area contributed by atoms with E-state index in [9.17, 15) is 0 Å². The van der Waals surface area contributed by atoms with Crippen molar-refractivity contribution in [2.75, 3.05) is 14.2 Å². The van der Waals surface area contributed by atoms with Gasteiger partial charge in [0, 0.05) is 28.0 Å². The molecule has 0 aliphatic carbocycles. The predicted molar refractivity (Wildman–Crippen MR) is 92.0 cm³/mol. The number of rotatable bonds is 6. The van der Waals surface area contributed by atoms with E-state index in [1.54, 1.807) is 18.9 Å². The lowest BCUT2D eigenvalue weighted by atomic mass is 10.1. The van der Waals surface area contributed by atoms with Gasteiger partial charge in [-0.2, -0.15) is 0 Å². The fourth-order valence-electron chi connectivity index (χ4n) is 1.97. The second-order valence-corrected chi connectivity index (χ2v) is 6.48. The maximum absolute atomic E-state index is 5.47. The van der Waals surface area contributed by atoms with Crippen molar-refractivity contribution in [3.05, 3.63) is 52.1 Å². The van der Waals surface area contributed by atoms with E-state index >= 15 is 0 Å². The van der Waals surface area contributed by atoms with Gasteiger partial charge in [-0.3, -0.25) is 0 Å². The first kappa shape index (κ1) is 16.3. The molecule has 0 amide bonds. The van der Waals surface area contributed by atoms with Gasteiger partial charge in [0.1, 0.15) is 10.8 Å². The van der Waals surface area contributed by atoms with E-state index in [0.29, 0.717) is 6.04 Å². The zero-order chi connectivity index (χ0) is 15.2. The quantitative estimate of drug-likeness (QED) is 0.767. The Morgan fingerprint density at radius 1 is 1.38 bits per heavy atom. The van der Waals surface area contributed by atoms with Crippen molar-refractivity contribution in [1.29, 1.82) is 0 Å². The molecule has 1 heterocycles. The molecule has 0 fully saturated rings. The summed E-state index contributed by atoms with van der Waals surface area (Å²) in [6.07, 6.45) is 1.81. The number of methoxy groups -OCH3 is 1. The molecule has 1 unspecified atom stereocenters. The molecule has 112 valence electrons. The highest BCUT2D eigenvalue weighted by molar-refractivity contribution is 9.10. The van der Waals surface area contributed by atoms with Gasteiger partial charge in [0.25, 0.3) is 0 Å². The van der Waals surface area contributed by atoms with Crippen LogP contribution in [0.3, 0.4) is 0 Å². The molecule has 0 spiro atoms. The van der Waals surface area contributed by atoms with Crippen LogP contribution >= 0.6 is 27.7 Å². The van der Waals surface area contributed by atoms with E-state index in [1.165, 1.54) is 11.1 Å². The minimum Gasteiger partial charge on any atom is -0.496 e. The lowest BCUT2D eigenvalue weighted by Gasteiger charge is -2.15. The predicted octanol–water partition coefficient (Wildman–Crippen LogP) is 4.43. The van der Waals surface area contributed by atoms with Crippen molar-refractivity contribution >= 4 is 27.7 Å². The van der Waals surface area contributed by atoms with E-state index < -0.39 is 0 Å². The molecule has 0 aliphatic heterocycles. The number of aromatic nitrogens is 1. The van der Waals surface area contributed by atoms with E-state index in [1.807, 2.05) is 31.4 Å². The summed E-state index contributed by atoms with van der Waals surface area (Å²) in [6.45, 7) is 2.15. The summed E-state index contributed by atoms with van der Waals surface area (Å²) in [5.41, 5.74) is 2.44. The van der Waals surface area contributed by atoms with Crippen molar-refractivity contribution in [2.24, 2.45) is 0 Å². The first-order valence-corrected chi connectivity index (χ1v) is 8.51. The minimum atomic E-state index is 0.321. The number of hydrogen-bond donors (Lipinski definition) is 1. The maximum atomic E-state index is 5.47. The number of thioether (sulfide) groups is 1. The van der Waals surface area contributed by atoms with Crippen LogP contribution in [0.1, 0.15) is 24.1 Å². The van der Waals surface area contributed by atoms with Gasteiger partial charge in [-0.05, 0) is 59.7 Å². The Hall–Kier alpha value is -1.04. The van der Waals surface area contributed by atoms with Crippen LogP contribution in [0.4, 0.5) is 0 Å². The third-order valence-electron chi connectivity index (χ3n) is 3.33. The number of nitrogens with zero attached hydrogens (tertiary/aromatic N) is 1. The van der Waals surface area contributed by atoms with Gasteiger partial charge in [-0.25, -0.2) is 4.98 Å². The van der Waals surface area contributed by atoms with Crippen LogP contribution in [0.5, 0.6) is 5.75 Å². The van der Waals surface area contributed by atoms with Gasteiger partial charge in [0.2, 0.25) is 0 Å². The van der Waals surface area contributed by atoms with Crippen molar-refractivity contribution < 1.29 is 4.74 Å². The molecule has 0 saturated carbocycles. The van der Waals surface area contributed by atoms with Gasteiger partial charge in [-0.15, -0.1) is 11.8 Å². The number of pyridine rings is 1. The lowest BCUT2D eigenvalue weighted by Crippen LogP contribution is -2.12. The van der Waals surface area contributed by atoms with Crippen LogP contribution in [0.15, 0.2) is 46.0 Å². The van der Waals surface area contributed by atoms with Crippen LogP contribution < -0.4 is 10.1 Å². The minimum absolute atomic E-state index is 0.321. The number of hydrogen-bond acceptors (Lipinski definition) is 4. The van der Waals surface area contributed by atoms with Gasteiger partial charge in [0.05, 0.1) is 7.11 Å². The van der Waals surface area contributed by atoms with Crippen molar-refractivity contribution in [2.45, 2.75) is 23.7 Å². The standard InChI is InChI=1S/C16H19BrN2OS/c1-11(18-2)12-6-7-15(20-3)13(9-12)10-21-16-14(17)5-4-8-19-16/h4-9,11,18H,10H2,1-3H3. The van der Waals surface area contributed by atoms with Gasteiger partial charge in [-0.1, -0.05) is 6.07 Å². The van der Waals surface area contributed by atoms with E-state index in [4.69, 9.17) is 4.74 Å². The Kier molecular flexibility index (Phi) is 6.08. The third-order valence-corrected chi connectivity index (χ3v) is 5.28. The highest BCUT2D eigenvalue weighted by atomic mass is 79.9. The van der Waals surface area contributed by atoms with Crippen LogP contribution in [0.25, 0.3) is 0 Å². The Labute approximate surface area is 138 Å². The molecule has 21 heavy (non-hydrogen) atoms. The molecule has 1 aromatic heterocycles. The van der Waals surface area contributed by atoms with Crippen LogP contribution in [-0.4, -0.2) is 19.1 Å². The monoisotopic (exact) mass is 366 g/mol. The van der Waals surface area contributed by atoms with Crippen LogP contribution in [0.2, 0.25) is 0 Å². The highest BCUT2D eigenvalue weighted by Crippen LogP contribution is 2.32. The number of nitrogens with one attached hydrogen (secondary N) is 1. The molecular formula is C16H19BrN2OS. The molecule has 3 nitrogen and oxygen atoms in total. The van der Waals surface area contributed by atoms with Crippen molar-refractivity contribution in [3.8, 4) is 5.75 Å². The Morgan fingerprint density at radius 3 is 2.86 bits per heavy atom. The molecule has 0 bridgehead atoms. The van der Waals surface area contributed by atoms with E-state index in [2.05, 4.69) is 45.3 Å². The number of ether oxygens (including phenoxy) is 1. The summed E-state index contributed by atoms with van der Waals surface area (Å²) in [5.74, 6) is 1.74. The van der Waals surface area contributed by atoms with E-state index in [-0.39, 0.29) is 0 Å². The molecule has 2 aromatic rings. The zero-order valence-electron chi connectivity index (χ0n) is 12.4. The fraction of sp³-hybridized carbons (Fsp3) is 0.312. The maximum Gasteiger partial charge on any atom is 0.122 e. The summed E-state index contributed by atoms with van der Waals surface area (Å²) in [4.78, 5) is 4.39. The Morgan fingerprint density at radius 2 is 2.19 bits per heavy atom. The average Bonchev–Trinajstić information content (AvgIpc) is 2.53. The van der Waals surface area contributed by atoms with E-state index in [0.717, 1.165) is 21.0 Å². The van der Waals surface area contributed by atoms with Gasteiger partial charge < -0.3 is 10.1 Å². The highest BCUT2D eigenvalue weighted by Gasteiger charge is 2.10. The molecule has 5 heteroatoms. The number of halogens is 1. The largest absolute Gasteiger partial charge is 0.496 e. The third kappa shape index (κ3) is 4.22. The lowest BCUT2D eigenvalue weighted by molar-refractivity contribution is 0.411. The topological polar surface area (TPSA) is 34.1 Å². The summed E-state index contributed by atoms with van der Waals surface area (Å²) < 4.78 is 6.49. The molecule has 1 atom stereocenters. The van der Waals surface area contributed by atoms with Crippen LogP contribution in [0, 0.1) is 0 Å². The SMILES string of the molecule is CNC(C)c1ccc(OC)c(CSc2ncccc2Br)c1. The van der Waals surface area contributed by atoms with Crippen LogP contribution in [-0.2, 0) is 5.75 Å². The number of benzene rings is 1. The first-order valence-electron chi connectivity index (χ1n) is 6.73. The summed E-state index contributed by atoms with van der Waals surface area (Å²) in [6, 6.07) is 10.6. The summed E-state index contributed by atoms with van der Waals surface area (Å²) >= 11 is 5.23. The van der Waals surface area contributed by atoms with Crippen molar-refractivity contribution in [3.63, 3.8) is 0 Å². The molecule has 0 saturated heterocycles. The Bertz CT molecular complexity index is 607. The second-order valence-electron chi connectivity index (χ2n) is 4.66. The smallest absolute Gasteiger partial charge is 0.122 e. The van der Waals surface area contributed by atoms with Crippen molar-refractivity contribution in [1.82, 2.24) is 10.3 Å². The van der Waals surface area contributed by atoms with Gasteiger partial charge >= 0.3 is 0 Å². The summed E-state index contributed by atoms with van der Waals surface area (Å²) in [5, 5.41) is 4.25. The van der Waals surface area contributed by atoms with Gasteiger partial charge in [0.15, 0.2) is 0 Å².